The molecule has 0 aromatic heterocycles. The van der Waals surface area contributed by atoms with Gasteiger partial charge in [0.25, 0.3) is 0 Å². The Balaban J connectivity index is 1.91. The number of likely N-dealkylation sites (tertiary alicyclic amines) is 1. The molecule has 0 aromatic rings. The van der Waals surface area contributed by atoms with E-state index in [0.717, 1.165) is 44.7 Å². The molecule has 3 heteroatoms. The van der Waals surface area contributed by atoms with E-state index in [1.165, 1.54) is 32.0 Å². The number of rotatable bonds is 6. The van der Waals surface area contributed by atoms with E-state index in [1.807, 2.05) is 0 Å². The second-order valence-corrected chi connectivity index (χ2v) is 6.80. The standard InChI is InChI=1S/C16H29NO2/c1-14-6-8-16(13-19,9-7-14)12-17-10-2-4-15(17)5-3-11-18/h13-15,18H,2-12H2,1H3. The van der Waals surface area contributed by atoms with E-state index >= 15 is 0 Å². The van der Waals surface area contributed by atoms with Gasteiger partial charge in [0, 0.05) is 24.6 Å². The van der Waals surface area contributed by atoms with Crippen LogP contribution in [0.1, 0.15) is 58.3 Å². The third-order valence-corrected chi connectivity index (χ3v) is 5.23. The molecule has 2 rings (SSSR count). The molecule has 1 saturated heterocycles. The molecule has 1 aliphatic carbocycles. The van der Waals surface area contributed by atoms with E-state index in [1.54, 1.807) is 0 Å². The van der Waals surface area contributed by atoms with Crippen LogP contribution in [0.5, 0.6) is 0 Å². The van der Waals surface area contributed by atoms with Crippen LogP contribution in [0.25, 0.3) is 0 Å². The second-order valence-electron chi connectivity index (χ2n) is 6.80. The van der Waals surface area contributed by atoms with Crippen LogP contribution in [0.2, 0.25) is 0 Å². The molecule has 2 aliphatic rings. The molecule has 1 aliphatic heterocycles. The summed E-state index contributed by atoms with van der Waals surface area (Å²) in [4.78, 5) is 14.2. The highest BCUT2D eigenvalue weighted by Gasteiger charge is 2.38. The Bertz CT molecular complexity index is 284. The van der Waals surface area contributed by atoms with Gasteiger partial charge in [0.15, 0.2) is 0 Å². The molecule has 1 N–H and O–H groups in total. The highest BCUT2D eigenvalue weighted by atomic mass is 16.2. The predicted molar refractivity (Wildman–Crippen MR) is 77.0 cm³/mol. The lowest BCUT2D eigenvalue weighted by molar-refractivity contribution is -0.119. The fourth-order valence-electron chi connectivity index (χ4n) is 3.81. The number of aldehydes is 1. The fourth-order valence-corrected chi connectivity index (χ4v) is 3.81. The zero-order valence-corrected chi connectivity index (χ0v) is 12.3. The van der Waals surface area contributed by atoms with Crippen molar-refractivity contribution in [2.75, 3.05) is 19.7 Å². The summed E-state index contributed by atoms with van der Waals surface area (Å²) in [5.41, 5.74) is -0.0751. The Morgan fingerprint density at radius 2 is 2.05 bits per heavy atom. The Labute approximate surface area is 117 Å². The molecule has 0 bridgehead atoms. The smallest absolute Gasteiger partial charge is 0.127 e. The van der Waals surface area contributed by atoms with E-state index in [9.17, 15) is 4.79 Å². The molecule has 19 heavy (non-hydrogen) atoms. The molecular formula is C16H29NO2. The van der Waals surface area contributed by atoms with Crippen molar-refractivity contribution in [1.29, 1.82) is 0 Å². The minimum atomic E-state index is -0.0751. The van der Waals surface area contributed by atoms with E-state index in [0.29, 0.717) is 12.6 Å². The van der Waals surface area contributed by atoms with Crippen LogP contribution in [0.3, 0.4) is 0 Å². The van der Waals surface area contributed by atoms with Crippen molar-refractivity contribution in [3.8, 4) is 0 Å². The minimum absolute atomic E-state index is 0.0751. The zero-order valence-electron chi connectivity index (χ0n) is 12.3. The Morgan fingerprint density at radius 3 is 2.68 bits per heavy atom. The first kappa shape index (κ1) is 15.0. The molecule has 110 valence electrons. The second kappa shape index (κ2) is 6.85. The van der Waals surface area contributed by atoms with E-state index < -0.39 is 0 Å². The van der Waals surface area contributed by atoms with Crippen LogP contribution in [0, 0.1) is 11.3 Å². The number of aliphatic hydroxyl groups is 1. The number of carbonyl (C=O) groups excluding carboxylic acids is 1. The van der Waals surface area contributed by atoms with Gasteiger partial charge in [0.1, 0.15) is 6.29 Å². The first-order valence-corrected chi connectivity index (χ1v) is 8.00. The summed E-state index contributed by atoms with van der Waals surface area (Å²) in [7, 11) is 0. The van der Waals surface area contributed by atoms with Crippen LogP contribution in [-0.2, 0) is 4.79 Å². The van der Waals surface area contributed by atoms with Gasteiger partial charge in [-0.25, -0.2) is 0 Å². The van der Waals surface area contributed by atoms with Crippen molar-refractivity contribution in [2.45, 2.75) is 64.3 Å². The van der Waals surface area contributed by atoms with Crippen LogP contribution in [-0.4, -0.2) is 42.0 Å². The van der Waals surface area contributed by atoms with Crippen LogP contribution < -0.4 is 0 Å². The molecule has 1 unspecified atom stereocenters. The van der Waals surface area contributed by atoms with Crippen molar-refractivity contribution in [3.05, 3.63) is 0 Å². The molecule has 1 heterocycles. The summed E-state index contributed by atoms with van der Waals surface area (Å²) >= 11 is 0. The molecular weight excluding hydrogens is 238 g/mol. The summed E-state index contributed by atoms with van der Waals surface area (Å²) in [6.07, 6.45) is 10.3. The van der Waals surface area contributed by atoms with Crippen molar-refractivity contribution in [2.24, 2.45) is 11.3 Å². The number of hydrogen-bond donors (Lipinski definition) is 1. The number of hydrogen-bond acceptors (Lipinski definition) is 3. The van der Waals surface area contributed by atoms with Gasteiger partial charge in [0.05, 0.1) is 0 Å². The van der Waals surface area contributed by atoms with Gasteiger partial charge in [-0.15, -0.1) is 0 Å². The Morgan fingerprint density at radius 1 is 1.32 bits per heavy atom. The van der Waals surface area contributed by atoms with E-state index in [2.05, 4.69) is 11.8 Å². The number of carbonyl (C=O) groups is 1. The summed E-state index contributed by atoms with van der Waals surface area (Å²) in [5.74, 6) is 0.789. The zero-order chi connectivity index (χ0) is 13.7. The average molecular weight is 267 g/mol. The highest BCUT2D eigenvalue weighted by molar-refractivity contribution is 5.60. The lowest BCUT2D eigenvalue weighted by Crippen LogP contribution is -2.43. The summed E-state index contributed by atoms with van der Waals surface area (Å²) < 4.78 is 0. The number of nitrogens with zero attached hydrogens (tertiary/aromatic N) is 1. The summed E-state index contributed by atoms with van der Waals surface area (Å²) in [6, 6.07) is 0.600. The SMILES string of the molecule is CC1CCC(C=O)(CN2CCCC2CCCO)CC1. The lowest BCUT2D eigenvalue weighted by Gasteiger charge is -2.39. The van der Waals surface area contributed by atoms with E-state index in [-0.39, 0.29) is 5.41 Å². The highest BCUT2D eigenvalue weighted by Crippen LogP contribution is 2.39. The normalized spacial score (nSPS) is 36.5. The number of aliphatic hydroxyl groups excluding tert-OH is 1. The lowest BCUT2D eigenvalue weighted by atomic mass is 9.71. The van der Waals surface area contributed by atoms with Crippen molar-refractivity contribution in [1.82, 2.24) is 4.90 Å². The fraction of sp³-hybridized carbons (Fsp3) is 0.938. The van der Waals surface area contributed by atoms with Crippen molar-refractivity contribution in [3.63, 3.8) is 0 Å². The van der Waals surface area contributed by atoms with Gasteiger partial charge >= 0.3 is 0 Å². The predicted octanol–water partition coefficient (Wildman–Crippen LogP) is 2.62. The maximum atomic E-state index is 11.6. The van der Waals surface area contributed by atoms with Crippen LogP contribution in [0.4, 0.5) is 0 Å². The van der Waals surface area contributed by atoms with Gasteiger partial charge in [-0.05, 0) is 63.8 Å². The Kier molecular flexibility index (Phi) is 5.40. The summed E-state index contributed by atoms with van der Waals surface area (Å²) in [5, 5.41) is 8.99. The third-order valence-electron chi connectivity index (χ3n) is 5.23. The first-order valence-electron chi connectivity index (χ1n) is 8.00. The molecule has 0 spiro atoms. The molecule has 3 nitrogen and oxygen atoms in total. The van der Waals surface area contributed by atoms with Gasteiger partial charge in [-0.3, -0.25) is 4.90 Å². The van der Waals surface area contributed by atoms with Crippen molar-refractivity contribution < 1.29 is 9.90 Å². The molecule has 1 atom stereocenters. The Hall–Kier alpha value is -0.410. The van der Waals surface area contributed by atoms with Gasteiger partial charge in [-0.1, -0.05) is 6.92 Å². The topological polar surface area (TPSA) is 40.5 Å². The van der Waals surface area contributed by atoms with Crippen molar-refractivity contribution >= 4 is 6.29 Å². The van der Waals surface area contributed by atoms with Crippen LogP contribution in [0.15, 0.2) is 0 Å². The average Bonchev–Trinajstić information content (AvgIpc) is 2.86. The molecule has 2 fully saturated rings. The monoisotopic (exact) mass is 267 g/mol. The molecule has 0 amide bonds. The van der Waals surface area contributed by atoms with Gasteiger partial charge < -0.3 is 9.90 Å². The first-order chi connectivity index (χ1) is 9.19. The van der Waals surface area contributed by atoms with Gasteiger partial charge in [-0.2, -0.15) is 0 Å². The quantitative estimate of drug-likeness (QED) is 0.752. The summed E-state index contributed by atoms with van der Waals surface area (Å²) in [6.45, 7) is 4.69. The third kappa shape index (κ3) is 3.79. The molecule has 1 saturated carbocycles. The maximum Gasteiger partial charge on any atom is 0.127 e. The van der Waals surface area contributed by atoms with E-state index in [4.69, 9.17) is 5.11 Å². The maximum absolute atomic E-state index is 11.6. The molecule has 0 radical (unpaired) electrons. The minimum Gasteiger partial charge on any atom is -0.396 e. The van der Waals surface area contributed by atoms with Gasteiger partial charge in [0.2, 0.25) is 0 Å². The largest absolute Gasteiger partial charge is 0.396 e. The molecule has 0 aromatic carbocycles. The van der Waals surface area contributed by atoms with Crippen LogP contribution >= 0.6 is 0 Å².